The number of rotatable bonds is 11. The van der Waals surface area contributed by atoms with Crippen molar-refractivity contribution in [3.8, 4) is 9.75 Å². The largest absolute Gasteiger partial charge is 0.547 e. The van der Waals surface area contributed by atoms with E-state index in [1.165, 1.54) is 25.8 Å². The van der Waals surface area contributed by atoms with Gasteiger partial charge in [0, 0.05) is 34.5 Å². The van der Waals surface area contributed by atoms with E-state index in [2.05, 4.69) is 67.6 Å². The van der Waals surface area contributed by atoms with Gasteiger partial charge in [-0.25, -0.2) is 0 Å². The molecule has 0 radical (unpaired) electrons. The van der Waals surface area contributed by atoms with Crippen LogP contribution in [0.2, 0.25) is 0 Å². The fraction of sp³-hybridized carbons (Fsp3) is 0.333. The van der Waals surface area contributed by atoms with Gasteiger partial charge in [-0.2, -0.15) is 0 Å². The maximum atomic E-state index is 6.05. The summed E-state index contributed by atoms with van der Waals surface area (Å²) in [6, 6.07) is 17.4. The van der Waals surface area contributed by atoms with Crippen LogP contribution < -0.4 is 4.50 Å². The topological polar surface area (TPSA) is 27.7 Å². The van der Waals surface area contributed by atoms with Gasteiger partial charge in [0.15, 0.2) is 0 Å². The molecule has 3 rings (SSSR count). The standard InChI is InChI=1S/C24H30O3S2Si/c1-5-19-9-11-20(12-10-19)13-14-21-15-16-22(28-21)23-17-18-24(29-23)30(25-6-2,26-7-3)27-8-4/h9-18H,5-8H2,1-4H3/b14-13+. The summed E-state index contributed by atoms with van der Waals surface area (Å²) in [6.45, 7) is 9.87. The lowest BCUT2D eigenvalue weighted by Gasteiger charge is -2.27. The van der Waals surface area contributed by atoms with Gasteiger partial charge < -0.3 is 13.3 Å². The van der Waals surface area contributed by atoms with Crippen LogP contribution in [0.25, 0.3) is 21.9 Å². The van der Waals surface area contributed by atoms with Crippen molar-refractivity contribution >= 4 is 48.1 Å². The van der Waals surface area contributed by atoms with Gasteiger partial charge in [-0.3, -0.25) is 0 Å². The molecule has 0 aliphatic carbocycles. The summed E-state index contributed by atoms with van der Waals surface area (Å²) in [4.78, 5) is 3.71. The number of thiophene rings is 2. The Hall–Kier alpha value is -1.54. The second kappa shape index (κ2) is 11.2. The van der Waals surface area contributed by atoms with E-state index >= 15 is 0 Å². The molecule has 0 saturated heterocycles. The fourth-order valence-electron chi connectivity index (χ4n) is 3.16. The Morgan fingerprint density at radius 1 is 0.700 bits per heavy atom. The molecule has 3 nitrogen and oxygen atoms in total. The van der Waals surface area contributed by atoms with E-state index in [1.54, 1.807) is 22.7 Å². The van der Waals surface area contributed by atoms with Gasteiger partial charge in [0.2, 0.25) is 0 Å². The monoisotopic (exact) mass is 458 g/mol. The zero-order valence-electron chi connectivity index (χ0n) is 18.1. The number of benzene rings is 1. The predicted molar refractivity (Wildman–Crippen MR) is 133 cm³/mol. The molecule has 0 spiro atoms. The highest BCUT2D eigenvalue weighted by Gasteiger charge is 2.44. The Bertz CT molecular complexity index is 927. The van der Waals surface area contributed by atoms with E-state index in [4.69, 9.17) is 13.3 Å². The molecule has 30 heavy (non-hydrogen) atoms. The van der Waals surface area contributed by atoms with Gasteiger partial charge in [0.25, 0.3) is 0 Å². The SMILES string of the molecule is CCO[Si](OCC)(OCC)c1ccc(-c2ccc(/C=C/c3ccc(CC)cc3)s2)s1. The summed E-state index contributed by atoms with van der Waals surface area (Å²) in [5.41, 5.74) is 2.59. The van der Waals surface area contributed by atoms with Crippen LogP contribution in [0.1, 0.15) is 43.7 Å². The maximum Gasteiger partial charge on any atom is 0.547 e. The van der Waals surface area contributed by atoms with Crippen LogP contribution in [0.3, 0.4) is 0 Å². The highest BCUT2D eigenvalue weighted by atomic mass is 32.1. The molecule has 6 heteroatoms. The predicted octanol–water partition coefficient (Wildman–Crippen LogP) is 6.46. The van der Waals surface area contributed by atoms with Crippen LogP contribution >= 0.6 is 22.7 Å². The molecular weight excluding hydrogens is 428 g/mol. The van der Waals surface area contributed by atoms with Crippen LogP contribution in [0.15, 0.2) is 48.5 Å². The lowest BCUT2D eigenvalue weighted by molar-refractivity contribution is 0.0866. The van der Waals surface area contributed by atoms with Gasteiger partial charge in [-0.05, 0) is 68.7 Å². The first-order valence-corrected chi connectivity index (χ1v) is 13.9. The van der Waals surface area contributed by atoms with Crippen molar-refractivity contribution in [2.24, 2.45) is 0 Å². The van der Waals surface area contributed by atoms with Crippen LogP contribution in [-0.2, 0) is 19.7 Å². The van der Waals surface area contributed by atoms with Crippen LogP contribution in [0.5, 0.6) is 0 Å². The summed E-state index contributed by atoms with van der Waals surface area (Å²) in [7, 11) is -2.83. The molecule has 1 aromatic carbocycles. The highest BCUT2D eigenvalue weighted by Crippen LogP contribution is 2.33. The normalized spacial score (nSPS) is 12.1. The van der Waals surface area contributed by atoms with Crippen LogP contribution in [0, 0.1) is 0 Å². The van der Waals surface area contributed by atoms with Crippen molar-refractivity contribution in [1.82, 2.24) is 0 Å². The first-order chi connectivity index (χ1) is 14.6. The molecule has 0 atom stereocenters. The maximum absolute atomic E-state index is 6.05. The average molecular weight is 459 g/mol. The summed E-state index contributed by atoms with van der Waals surface area (Å²) in [5.74, 6) is 0. The van der Waals surface area contributed by atoms with E-state index in [1.807, 2.05) is 20.8 Å². The zero-order valence-corrected chi connectivity index (χ0v) is 20.8. The lowest BCUT2D eigenvalue weighted by Crippen LogP contribution is -2.55. The Morgan fingerprint density at radius 2 is 1.30 bits per heavy atom. The zero-order chi connectivity index (χ0) is 21.4. The number of hydrogen-bond donors (Lipinski definition) is 0. The minimum atomic E-state index is -2.83. The molecule has 160 valence electrons. The Morgan fingerprint density at radius 3 is 1.90 bits per heavy atom. The van der Waals surface area contributed by atoms with E-state index in [9.17, 15) is 0 Å². The van der Waals surface area contributed by atoms with E-state index in [0.29, 0.717) is 19.8 Å². The van der Waals surface area contributed by atoms with Gasteiger partial charge >= 0.3 is 8.80 Å². The van der Waals surface area contributed by atoms with Crippen LogP contribution in [0.4, 0.5) is 0 Å². The second-order valence-electron chi connectivity index (χ2n) is 6.65. The third-order valence-electron chi connectivity index (χ3n) is 4.61. The molecular formula is C24H30O3S2Si. The van der Waals surface area contributed by atoms with Crippen molar-refractivity contribution in [1.29, 1.82) is 0 Å². The minimum Gasteiger partial charge on any atom is -0.370 e. The second-order valence-corrected chi connectivity index (χ2v) is 11.7. The first kappa shape index (κ1) is 23.1. The van der Waals surface area contributed by atoms with Gasteiger partial charge in [-0.15, -0.1) is 22.7 Å². The third-order valence-corrected chi connectivity index (χ3v) is 10.6. The van der Waals surface area contributed by atoms with E-state index in [0.717, 1.165) is 10.9 Å². The molecule has 0 N–H and O–H groups in total. The third kappa shape index (κ3) is 5.57. The Labute approximate surface area is 189 Å². The van der Waals surface area contributed by atoms with Crippen LogP contribution in [-0.4, -0.2) is 28.6 Å². The molecule has 3 aromatic rings. The molecule has 0 amide bonds. The Kier molecular flexibility index (Phi) is 8.62. The summed E-state index contributed by atoms with van der Waals surface area (Å²) < 4.78 is 19.2. The number of hydrogen-bond acceptors (Lipinski definition) is 5. The Balaban J connectivity index is 1.78. The van der Waals surface area contributed by atoms with Gasteiger partial charge in [-0.1, -0.05) is 37.3 Å². The van der Waals surface area contributed by atoms with Crippen molar-refractivity contribution in [2.75, 3.05) is 19.8 Å². The van der Waals surface area contributed by atoms with Crippen molar-refractivity contribution in [2.45, 2.75) is 34.1 Å². The van der Waals surface area contributed by atoms with Crippen molar-refractivity contribution in [3.05, 3.63) is 64.5 Å². The average Bonchev–Trinajstić information content (AvgIpc) is 3.43. The van der Waals surface area contributed by atoms with Crippen molar-refractivity contribution < 1.29 is 13.3 Å². The number of aryl methyl sites for hydroxylation is 1. The summed E-state index contributed by atoms with van der Waals surface area (Å²) in [5, 5.41) is 0. The van der Waals surface area contributed by atoms with E-state index < -0.39 is 8.80 Å². The van der Waals surface area contributed by atoms with E-state index in [-0.39, 0.29) is 0 Å². The van der Waals surface area contributed by atoms with Gasteiger partial charge in [0.05, 0.1) is 4.50 Å². The van der Waals surface area contributed by atoms with Crippen molar-refractivity contribution in [3.63, 3.8) is 0 Å². The molecule has 0 bridgehead atoms. The molecule has 2 heterocycles. The highest BCUT2D eigenvalue weighted by molar-refractivity contribution is 7.29. The quantitative estimate of drug-likeness (QED) is 0.308. The molecule has 0 unspecified atom stereocenters. The molecule has 0 saturated carbocycles. The smallest absolute Gasteiger partial charge is 0.370 e. The summed E-state index contributed by atoms with van der Waals surface area (Å²) in [6.07, 6.45) is 5.43. The van der Waals surface area contributed by atoms with Gasteiger partial charge in [0.1, 0.15) is 0 Å². The molecule has 0 fully saturated rings. The molecule has 0 aliphatic heterocycles. The minimum absolute atomic E-state index is 0.576. The first-order valence-electron chi connectivity index (χ1n) is 10.5. The molecule has 0 aliphatic rings. The summed E-state index contributed by atoms with van der Waals surface area (Å²) >= 11 is 3.51. The molecule has 2 aromatic heterocycles. The lowest BCUT2D eigenvalue weighted by atomic mass is 10.1. The fourth-order valence-corrected chi connectivity index (χ4v) is 8.38.